The number of rotatable bonds is 5. The van der Waals surface area contributed by atoms with E-state index in [2.05, 4.69) is 4.98 Å². The van der Waals surface area contributed by atoms with Crippen molar-refractivity contribution in [2.24, 2.45) is 0 Å². The second-order valence-electron chi connectivity index (χ2n) is 7.45. The third kappa shape index (κ3) is 3.55. The maximum Gasteiger partial charge on any atom is 0.227 e. The van der Waals surface area contributed by atoms with E-state index in [0.29, 0.717) is 18.0 Å². The van der Waals surface area contributed by atoms with Crippen molar-refractivity contribution in [1.29, 1.82) is 0 Å². The lowest BCUT2D eigenvalue weighted by atomic mass is 10.0. The van der Waals surface area contributed by atoms with E-state index in [4.69, 9.17) is 9.47 Å². The minimum absolute atomic E-state index is 0.00422. The first-order valence-electron chi connectivity index (χ1n) is 9.80. The molecule has 29 heavy (non-hydrogen) atoms. The fourth-order valence-corrected chi connectivity index (χ4v) is 4.31. The molecule has 2 heterocycles. The predicted molar refractivity (Wildman–Crippen MR) is 110 cm³/mol. The van der Waals surface area contributed by atoms with E-state index < -0.39 is 0 Å². The van der Waals surface area contributed by atoms with Gasteiger partial charge in [0.05, 0.1) is 26.7 Å². The fourth-order valence-electron chi connectivity index (χ4n) is 4.31. The fraction of sp³-hybridized carbons (Fsp3) is 0.348. The largest absolute Gasteiger partial charge is 0.493 e. The Labute approximate surface area is 169 Å². The molecule has 1 unspecified atom stereocenters. The Hall–Kier alpha value is -3.02. The summed E-state index contributed by atoms with van der Waals surface area (Å²) in [4.78, 5) is 18.4. The molecule has 0 aliphatic carbocycles. The van der Waals surface area contributed by atoms with Crippen LogP contribution in [-0.2, 0) is 11.2 Å². The summed E-state index contributed by atoms with van der Waals surface area (Å²) in [5, 5.41) is 0.776. The number of nitrogens with zero attached hydrogens (tertiary/aromatic N) is 1. The number of H-pyrrole nitrogens is 1. The van der Waals surface area contributed by atoms with Crippen molar-refractivity contribution < 1.29 is 18.7 Å². The lowest BCUT2D eigenvalue weighted by Gasteiger charge is -2.26. The average Bonchev–Trinajstić information content (AvgIpc) is 3.33. The molecule has 0 radical (unpaired) electrons. The molecule has 1 fully saturated rings. The Kier molecular flexibility index (Phi) is 5.18. The van der Waals surface area contributed by atoms with E-state index >= 15 is 0 Å². The van der Waals surface area contributed by atoms with E-state index in [1.54, 1.807) is 20.3 Å². The summed E-state index contributed by atoms with van der Waals surface area (Å²) < 4.78 is 24.5. The van der Waals surface area contributed by atoms with Gasteiger partial charge in [-0.3, -0.25) is 4.79 Å². The number of nitrogens with one attached hydrogen (secondary N) is 1. The SMILES string of the molecule is COc1ccc(C2CCCN2C(=O)Cc2c(C)[nH]c3ccc(F)cc23)cc1OC. The van der Waals surface area contributed by atoms with Gasteiger partial charge >= 0.3 is 0 Å². The summed E-state index contributed by atoms with van der Waals surface area (Å²) in [5.41, 5.74) is 3.66. The molecule has 1 aliphatic heterocycles. The minimum Gasteiger partial charge on any atom is -0.493 e. The topological polar surface area (TPSA) is 54.6 Å². The Morgan fingerprint density at radius 1 is 1.17 bits per heavy atom. The molecule has 3 aromatic rings. The molecular weight excluding hydrogens is 371 g/mol. The van der Waals surface area contributed by atoms with Gasteiger partial charge in [0.25, 0.3) is 0 Å². The first kappa shape index (κ1) is 19.3. The van der Waals surface area contributed by atoms with Crippen LogP contribution in [0.2, 0.25) is 0 Å². The molecule has 1 amide bonds. The van der Waals surface area contributed by atoms with Crippen LogP contribution in [0.3, 0.4) is 0 Å². The lowest BCUT2D eigenvalue weighted by molar-refractivity contribution is -0.131. The molecule has 152 valence electrons. The highest BCUT2D eigenvalue weighted by molar-refractivity contribution is 5.90. The van der Waals surface area contributed by atoms with Gasteiger partial charge in [-0.15, -0.1) is 0 Å². The van der Waals surface area contributed by atoms with Crippen LogP contribution in [0, 0.1) is 12.7 Å². The summed E-state index contributed by atoms with van der Waals surface area (Å²) in [6.07, 6.45) is 2.11. The number of hydrogen-bond acceptors (Lipinski definition) is 3. The van der Waals surface area contributed by atoms with Crippen LogP contribution in [-0.4, -0.2) is 36.6 Å². The normalized spacial score (nSPS) is 16.4. The van der Waals surface area contributed by atoms with Crippen LogP contribution in [0.1, 0.15) is 35.7 Å². The highest BCUT2D eigenvalue weighted by Crippen LogP contribution is 2.37. The van der Waals surface area contributed by atoms with E-state index in [-0.39, 0.29) is 24.2 Å². The Morgan fingerprint density at radius 3 is 2.72 bits per heavy atom. The van der Waals surface area contributed by atoms with Crippen LogP contribution in [0.4, 0.5) is 4.39 Å². The van der Waals surface area contributed by atoms with Crippen molar-refractivity contribution in [3.05, 3.63) is 59.0 Å². The maximum absolute atomic E-state index is 13.7. The molecule has 2 aromatic carbocycles. The predicted octanol–water partition coefficient (Wildman–Crippen LogP) is 4.54. The molecule has 1 N–H and O–H groups in total. The van der Waals surface area contributed by atoms with Gasteiger partial charge in [0.15, 0.2) is 11.5 Å². The van der Waals surface area contributed by atoms with Crippen LogP contribution in [0.15, 0.2) is 36.4 Å². The van der Waals surface area contributed by atoms with E-state index in [0.717, 1.165) is 40.6 Å². The number of amides is 1. The maximum atomic E-state index is 13.7. The van der Waals surface area contributed by atoms with Gasteiger partial charge in [-0.25, -0.2) is 4.39 Å². The van der Waals surface area contributed by atoms with Crippen LogP contribution in [0.5, 0.6) is 11.5 Å². The van der Waals surface area contributed by atoms with Gasteiger partial charge in [-0.05, 0) is 61.2 Å². The van der Waals surface area contributed by atoms with Gasteiger partial charge < -0.3 is 19.4 Å². The molecule has 0 spiro atoms. The van der Waals surface area contributed by atoms with Gasteiger partial charge in [-0.2, -0.15) is 0 Å². The highest BCUT2D eigenvalue weighted by atomic mass is 19.1. The Bertz CT molecular complexity index is 1060. The molecule has 1 saturated heterocycles. The molecule has 0 saturated carbocycles. The van der Waals surface area contributed by atoms with Crippen molar-refractivity contribution >= 4 is 16.8 Å². The van der Waals surface area contributed by atoms with Crippen LogP contribution >= 0.6 is 0 Å². The van der Waals surface area contributed by atoms with E-state index in [9.17, 15) is 9.18 Å². The number of hydrogen-bond donors (Lipinski definition) is 1. The number of ether oxygens (including phenoxy) is 2. The number of carbonyl (C=O) groups is 1. The molecular formula is C23H25FN2O3. The lowest BCUT2D eigenvalue weighted by Crippen LogP contribution is -2.32. The molecule has 1 atom stereocenters. The monoisotopic (exact) mass is 396 g/mol. The number of likely N-dealkylation sites (tertiary alicyclic amines) is 1. The number of fused-ring (bicyclic) bond motifs is 1. The van der Waals surface area contributed by atoms with Crippen molar-refractivity contribution in [1.82, 2.24) is 9.88 Å². The molecule has 1 aromatic heterocycles. The first-order valence-corrected chi connectivity index (χ1v) is 9.80. The zero-order valence-electron chi connectivity index (χ0n) is 16.9. The number of methoxy groups -OCH3 is 2. The standard InChI is InChI=1S/C23H25FN2O3/c1-14-17(18-12-16(24)7-8-19(18)25-14)13-23(27)26-10-4-5-20(26)15-6-9-21(28-2)22(11-15)29-3/h6-9,11-12,20,25H,4-5,10,13H2,1-3H3. The third-order valence-electron chi connectivity index (χ3n) is 5.78. The minimum atomic E-state index is -0.297. The third-order valence-corrected chi connectivity index (χ3v) is 5.78. The number of aromatic nitrogens is 1. The summed E-state index contributed by atoms with van der Waals surface area (Å²) >= 11 is 0. The van der Waals surface area contributed by atoms with Crippen LogP contribution < -0.4 is 9.47 Å². The molecule has 1 aliphatic rings. The van der Waals surface area contributed by atoms with Crippen molar-refractivity contribution in [2.75, 3.05) is 20.8 Å². The van der Waals surface area contributed by atoms with Crippen molar-refractivity contribution in [2.45, 2.75) is 32.2 Å². The van der Waals surface area contributed by atoms with Gasteiger partial charge in [0, 0.05) is 23.1 Å². The van der Waals surface area contributed by atoms with Crippen molar-refractivity contribution in [3.63, 3.8) is 0 Å². The number of carbonyl (C=O) groups excluding carboxylic acids is 1. The van der Waals surface area contributed by atoms with Crippen molar-refractivity contribution in [3.8, 4) is 11.5 Å². The number of benzene rings is 2. The van der Waals surface area contributed by atoms with E-state index in [1.807, 2.05) is 30.0 Å². The van der Waals surface area contributed by atoms with E-state index in [1.165, 1.54) is 12.1 Å². The second-order valence-corrected chi connectivity index (χ2v) is 7.45. The Morgan fingerprint density at radius 2 is 1.97 bits per heavy atom. The van der Waals surface area contributed by atoms with Crippen LogP contribution in [0.25, 0.3) is 10.9 Å². The zero-order valence-corrected chi connectivity index (χ0v) is 16.9. The number of aromatic amines is 1. The number of halogens is 1. The number of aryl methyl sites for hydroxylation is 1. The van der Waals surface area contributed by atoms with Gasteiger partial charge in [0.1, 0.15) is 5.82 Å². The molecule has 4 rings (SSSR count). The first-order chi connectivity index (χ1) is 14.0. The zero-order chi connectivity index (χ0) is 20.5. The quantitative estimate of drug-likeness (QED) is 0.689. The summed E-state index contributed by atoms with van der Waals surface area (Å²) in [6.45, 7) is 2.64. The highest BCUT2D eigenvalue weighted by Gasteiger charge is 2.31. The molecule has 6 heteroatoms. The summed E-state index contributed by atoms with van der Waals surface area (Å²) in [7, 11) is 3.22. The smallest absolute Gasteiger partial charge is 0.227 e. The van der Waals surface area contributed by atoms with Gasteiger partial charge in [0.2, 0.25) is 5.91 Å². The molecule has 0 bridgehead atoms. The van der Waals surface area contributed by atoms with Gasteiger partial charge in [-0.1, -0.05) is 6.07 Å². The summed E-state index contributed by atoms with van der Waals surface area (Å²) in [5.74, 6) is 1.08. The molecule has 5 nitrogen and oxygen atoms in total. The summed E-state index contributed by atoms with van der Waals surface area (Å²) in [6, 6.07) is 10.5. The second kappa shape index (κ2) is 7.78. The average molecular weight is 396 g/mol. The Balaban J connectivity index is 1.61.